The summed E-state index contributed by atoms with van der Waals surface area (Å²) in [6, 6.07) is 6.00. The van der Waals surface area contributed by atoms with Crippen LogP contribution in [0.15, 0.2) is 30.6 Å². The number of imidazole rings is 1. The fourth-order valence-electron chi connectivity index (χ4n) is 4.47. The number of piperazine rings is 1. The Morgan fingerprint density at radius 1 is 1.13 bits per heavy atom. The van der Waals surface area contributed by atoms with Crippen LogP contribution in [0, 0.1) is 12.7 Å². The zero-order chi connectivity index (χ0) is 20.2. The number of H-pyrrole nitrogens is 1. The van der Waals surface area contributed by atoms with Crippen molar-refractivity contribution in [3.63, 3.8) is 0 Å². The first-order valence-corrected chi connectivity index (χ1v) is 10.6. The van der Waals surface area contributed by atoms with Crippen molar-refractivity contribution in [3.8, 4) is 0 Å². The molecule has 2 fully saturated rings. The summed E-state index contributed by atoms with van der Waals surface area (Å²) in [6.07, 6.45) is 6.09. The first kappa shape index (κ1) is 17.7. The number of rotatable bonds is 4. The van der Waals surface area contributed by atoms with Crippen LogP contribution in [0.25, 0.3) is 16.6 Å². The topological polar surface area (TPSA) is 73.3 Å². The molecule has 1 aliphatic carbocycles. The molecule has 1 aliphatic heterocycles. The van der Waals surface area contributed by atoms with Crippen LogP contribution < -0.4 is 15.5 Å². The number of fused-ring (bicyclic) bond motifs is 2. The van der Waals surface area contributed by atoms with Gasteiger partial charge in [0.05, 0.1) is 16.9 Å². The van der Waals surface area contributed by atoms with Gasteiger partial charge in [-0.15, -0.1) is 0 Å². The maximum absolute atomic E-state index is 14.5. The van der Waals surface area contributed by atoms with Gasteiger partial charge in [0.2, 0.25) is 0 Å². The fraction of sp³-hybridized carbons (Fsp3) is 0.364. The molecular weight excluding hydrogens is 381 g/mol. The molecule has 3 N–H and O–H groups in total. The van der Waals surface area contributed by atoms with Crippen LogP contribution in [0.2, 0.25) is 0 Å². The smallest absolute Gasteiger partial charge is 0.173 e. The quantitative estimate of drug-likeness (QED) is 0.483. The number of anilines is 3. The van der Waals surface area contributed by atoms with Gasteiger partial charge in [-0.05, 0) is 43.4 Å². The number of aromatic nitrogens is 4. The Bertz CT molecular complexity index is 1250. The third-order valence-electron chi connectivity index (χ3n) is 6.07. The van der Waals surface area contributed by atoms with Gasteiger partial charge < -0.3 is 19.9 Å². The second kappa shape index (κ2) is 6.70. The van der Waals surface area contributed by atoms with E-state index in [1.54, 1.807) is 4.40 Å². The van der Waals surface area contributed by atoms with Gasteiger partial charge in [-0.1, -0.05) is 0 Å². The Balaban J connectivity index is 1.41. The SMILES string of the molecule is Cc1cn2cc(Nc3n[nH]c4cc(N5CCNCC5)cc(C5CC5)c34)cc(F)c2n1. The number of aromatic amines is 1. The van der Waals surface area contributed by atoms with Gasteiger partial charge in [-0.2, -0.15) is 5.10 Å². The molecule has 1 saturated heterocycles. The minimum Gasteiger partial charge on any atom is -0.369 e. The van der Waals surface area contributed by atoms with E-state index in [-0.39, 0.29) is 5.82 Å². The number of halogens is 1. The number of hydrogen-bond acceptors (Lipinski definition) is 5. The molecule has 8 heteroatoms. The number of pyridine rings is 1. The maximum atomic E-state index is 14.5. The van der Waals surface area contributed by atoms with E-state index in [9.17, 15) is 4.39 Å². The number of benzene rings is 1. The largest absolute Gasteiger partial charge is 0.369 e. The van der Waals surface area contributed by atoms with Crippen molar-refractivity contribution in [1.29, 1.82) is 0 Å². The average Bonchev–Trinajstić information content (AvgIpc) is 3.42. The predicted octanol–water partition coefficient (Wildman–Crippen LogP) is 3.69. The van der Waals surface area contributed by atoms with E-state index in [1.165, 1.54) is 30.2 Å². The Kier molecular flexibility index (Phi) is 3.95. The molecule has 1 saturated carbocycles. The molecular formula is C22H24FN7. The van der Waals surface area contributed by atoms with Crippen LogP contribution in [0.1, 0.15) is 30.0 Å². The summed E-state index contributed by atoms with van der Waals surface area (Å²) < 4.78 is 16.2. The van der Waals surface area contributed by atoms with Crippen molar-refractivity contribution in [3.05, 3.63) is 47.7 Å². The van der Waals surface area contributed by atoms with Crippen molar-refractivity contribution < 1.29 is 4.39 Å². The summed E-state index contributed by atoms with van der Waals surface area (Å²) in [6.45, 7) is 5.90. The van der Waals surface area contributed by atoms with Crippen molar-refractivity contribution in [2.45, 2.75) is 25.7 Å². The zero-order valence-corrected chi connectivity index (χ0v) is 16.9. The molecule has 30 heavy (non-hydrogen) atoms. The second-order valence-electron chi connectivity index (χ2n) is 8.36. The third kappa shape index (κ3) is 2.99. The van der Waals surface area contributed by atoms with Crippen molar-refractivity contribution in [2.75, 3.05) is 36.4 Å². The van der Waals surface area contributed by atoms with Crippen molar-refractivity contribution >= 4 is 33.7 Å². The van der Waals surface area contributed by atoms with Gasteiger partial charge in [0, 0.05) is 55.7 Å². The van der Waals surface area contributed by atoms with Gasteiger partial charge in [0.1, 0.15) is 0 Å². The van der Waals surface area contributed by atoms with E-state index in [4.69, 9.17) is 0 Å². The normalized spacial score (nSPS) is 17.2. The van der Waals surface area contributed by atoms with E-state index in [1.807, 2.05) is 19.3 Å². The molecule has 0 bridgehead atoms. The highest BCUT2D eigenvalue weighted by Gasteiger charge is 2.29. The fourth-order valence-corrected chi connectivity index (χ4v) is 4.47. The highest BCUT2D eigenvalue weighted by Crippen LogP contribution is 2.46. The highest BCUT2D eigenvalue weighted by atomic mass is 19.1. The second-order valence-corrected chi connectivity index (χ2v) is 8.36. The maximum Gasteiger partial charge on any atom is 0.173 e. The van der Waals surface area contributed by atoms with Gasteiger partial charge in [0.15, 0.2) is 17.3 Å². The van der Waals surface area contributed by atoms with E-state index in [0.29, 0.717) is 17.3 Å². The summed E-state index contributed by atoms with van der Waals surface area (Å²) in [5.41, 5.74) is 5.38. The molecule has 0 spiro atoms. The minimum atomic E-state index is -0.351. The third-order valence-corrected chi connectivity index (χ3v) is 6.07. The molecule has 154 valence electrons. The summed E-state index contributed by atoms with van der Waals surface area (Å²) in [5.74, 6) is 0.967. The number of hydrogen-bond donors (Lipinski definition) is 3. The summed E-state index contributed by atoms with van der Waals surface area (Å²) >= 11 is 0. The lowest BCUT2D eigenvalue weighted by atomic mass is 10.0. The molecule has 2 aliphatic rings. The molecule has 0 atom stereocenters. The molecule has 0 radical (unpaired) electrons. The molecule has 3 aromatic heterocycles. The lowest BCUT2D eigenvalue weighted by molar-refractivity contribution is 0.589. The van der Waals surface area contributed by atoms with Crippen LogP contribution in [0.3, 0.4) is 0 Å². The van der Waals surface area contributed by atoms with Gasteiger partial charge in [-0.25, -0.2) is 9.37 Å². The van der Waals surface area contributed by atoms with Crippen LogP contribution in [-0.2, 0) is 0 Å². The van der Waals surface area contributed by atoms with E-state index >= 15 is 0 Å². The Morgan fingerprint density at radius 2 is 1.97 bits per heavy atom. The predicted molar refractivity (Wildman–Crippen MR) is 116 cm³/mol. The molecule has 6 rings (SSSR count). The van der Waals surface area contributed by atoms with E-state index in [0.717, 1.165) is 48.6 Å². The minimum absolute atomic E-state index is 0.337. The molecule has 0 amide bonds. The Labute approximate surface area is 173 Å². The Morgan fingerprint density at radius 3 is 2.77 bits per heavy atom. The first-order chi connectivity index (χ1) is 14.7. The monoisotopic (exact) mass is 405 g/mol. The van der Waals surface area contributed by atoms with Crippen molar-refractivity contribution in [2.24, 2.45) is 0 Å². The highest BCUT2D eigenvalue weighted by molar-refractivity contribution is 5.97. The summed E-state index contributed by atoms with van der Waals surface area (Å²) in [7, 11) is 0. The lowest BCUT2D eigenvalue weighted by Gasteiger charge is -2.30. The van der Waals surface area contributed by atoms with Gasteiger partial charge in [-0.3, -0.25) is 5.10 Å². The van der Waals surface area contributed by atoms with Crippen LogP contribution >= 0.6 is 0 Å². The molecule has 7 nitrogen and oxygen atoms in total. The lowest BCUT2D eigenvalue weighted by Crippen LogP contribution is -2.43. The Hall–Kier alpha value is -3.13. The van der Waals surface area contributed by atoms with Gasteiger partial charge in [0.25, 0.3) is 0 Å². The van der Waals surface area contributed by atoms with Gasteiger partial charge >= 0.3 is 0 Å². The molecule has 4 heterocycles. The molecule has 0 unspecified atom stereocenters. The number of aryl methyl sites for hydroxylation is 1. The van der Waals surface area contributed by atoms with Crippen LogP contribution in [0.4, 0.5) is 21.6 Å². The summed E-state index contributed by atoms with van der Waals surface area (Å²) in [4.78, 5) is 6.66. The summed E-state index contributed by atoms with van der Waals surface area (Å²) in [5, 5.41) is 15.6. The number of nitrogens with zero attached hydrogens (tertiary/aromatic N) is 4. The molecule has 4 aromatic rings. The number of nitrogens with one attached hydrogen (secondary N) is 3. The average molecular weight is 405 g/mol. The van der Waals surface area contributed by atoms with E-state index in [2.05, 4.69) is 42.8 Å². The van der Waals surface area contributed by atoms with Crippen molar-refractivity contribution in [1.82, 2.24) is 24.9 Å². The molecule has 1 aromatic carbocycles. The zero-order valence-electron chi connectivity index (χ0n) is 16.9. The van der Waals surface area contributed by atoms with E-state index < -0.39 is 0 Å². The van der Waals surface area contributed by atoms with Crippen LogP contribution in [-0.4, -0.2) is 45.8 Å². The standard InChI is InChI=1S/C22H24FN7/c1-13-11-30-12-15(8-18(23)22(30)25-13)26-21-20-17(14-2-3-14)9-16(10-19(20)27-28-21)29-6-4-24-5-7-29/h8-12,14,24H,2-7H2,1H3,(H2,26,27,28). The first-order valence-electron chi connectivity index (χ1n) is 10.6. The van der Waals surface area contributed by atoms with Crippen LogP contribution in [0.5, 0.6) is 0 Å².